The Kier molecular flexibility index (Phi) is 22.5. The number of hydrogen-bond donors (Lipinski definition) is 2. The maximum Gasteiger partial charge on any atom is 0.513 e. The van der Waals surface area contributed by atoms with Crippen LogP contribution in [0.4, 0.5) is 4.79 Å². The van der Waals surface area contributed by atoms with Crippen LogP contribution in [0.25, 0.3) is 0 Å². The minimum absolute atomic E-state index is 0.218. The number of rotatable bonds is 12. The van der Waals surface area contributed by atoms with Gasteiger partial charge in [-0.1, -0.05) is 86.2 Å². The topological polar surface area (TPSA) is 121 Å². The number of alkyl halides is 1. The zero-order valence-corrected chi connectivity index (χ0v) is 30.1. The lowest BCUT2D eigenvalue weighted by Gasteiger charge is -2.17. The van der Waals surface area contributed by atoms with E-state index in [1.807, 2.05) is 83.7 Å². The molecule has 11 heteroatoms. The van der Waals surface area contributed by atoms with Gasteiger partial charge in [-0.25, -0.2) is 9.78 Å². The molecule has 3 aromatic rings. The molecule has 8 nitrogen and oxygen atoms in total. The molecule has 3 rings (SSSR count). The zero-order valence-electron chi connectivity index (χ0n) is 26.3. The van der Waals surface area contributed by atoms with Crippen LogP contribution in [0.5, 0.6) is 17.2 Å². The molecule has 0 saturated carbocycles. The van der Waals surface area contributed by atoms with Gasteiger partial charge in [-0.2, -0.15) is 0 Å². The smallest absolute Gasteiger partial charge is 0.480 e. The lowest BCUT2D eigenvalue weighted by molar-refractivity contribution is -0.138. The van der Waals surface area contributed by atoms with E-state index in [-0.39, 0.29) is 13.0 Å². The summed E-state index contributed by atoms with van der Waals surface area (Å²) < 4.78 is 16.7. The Morgan fingerprint density at radius 1 is 1.02 bits per heavy atom. The largest absolute Gasteiger partial charge is 0.513 e. The molecule has 43 heavy (non-hydrogen) atoms. The zero-order chi connectivity index (χ0) is 32.8. The fourth-order valence-corrected chi connectivity index (χ4v) is 5.20. The van der Waals surface area contributed by atoms with Gasteiger partial charge in [-0.15, -0.1) is 0 Å². The molecule has 0 radical (unpaired) electrons. The predicted molar refractivity (Wildman–Crippen MR) is 188 cm³/mol. The highest BCUT2D eigenvalue weighted by Gasteiger charge is 2.16. The van der Waals surface area contributed by atoms with Crippen LogP contribution >= 0.6 is 44.2 Å². The summed E-state index contributed by atoms with van der Waals surface area (Å²) in [5, 5.41) is 10.00. The van der Waals surface area contributed by atoms with E-state index in [0.29, 0.717) is 35.0 Å². The Labute approximate surface area is 278 Å². The highest BCUT2D eigenvalue weighted by molar-refractivity contribution is 14.1. The third-order valence-corrected chi connectivity index (χ3v) is 7.52. The molecule has 0 aliphatic heterocycles. The summed E-state index contributed by atoms with van der Waals surface area (Å²) in [7, 11) is 3.06. The number of hydrogen-bond acceptors (Lipinski definition) is 9. The number of aromatic nitrogens is 1. The lowest BCUT2D eigenvalue weighted by Crippen LogP contribution is -2.32. The van der Waals surface area contributed by atoms with E-state index >= 15 is 0 Å². The Morgan fingerprint density at radius 2 is 1.72 bits per heavy atom. The first kappa shape index (κ1) is 40.5. The molecule has 1 atom stereocenters. The van der Waals surface area contributed by atoms with Gasteiger partial charge >= 0.3 is 12.1 Å². The summed E-state index contributed by atoms with van der Waals surface area (Å²) in [4.78, 5) is 29.4. The first-order valence-corrected chi connectivity index (χ1v) is 18.6. The van der Waals surface area contributed by atoms with Gasteiger partial charge in [0.05, 0.1) is 0 Å². The number of pyridine rings is 1. The first-order valence-electron chi connectivity index (χ1n) is 14.1. The van der Waals surface area contributed by atoms with Gasteiger partial charge in [0.2, 0.25) is 0 Å². The first-order chi connectivity index (χ1) is 20.8. The number of aliphatic carboxylic acids is 1. The van der Waals surface area contributed by atoms with Crippen molar-refractivity contribution in [2.75, 3.05) is 17.3 Å². The summed E-state index contributed by atoms with van der Waals surface area (Å²) in [6, 6.07) is 13.7. The van der Waals surface area contributed by atoms with Crippen LogP contribution in [0.15, 0.2) is 59.8 Å². The van der Waals surface area contributed by atoms with E-state index in [1.54, 1.807) is 35.2 Å². The number of carboxylic acid groups (broad SMARTS) is 1. The Morgan fingerprint density at radius 3 is 2.30 bits per heavy atom. The number of carboxylic acids is 1. The van der Waals surface area contributed by atoms with Crippen LogP contribution in [-0.2, 0) is 22.4 Å². The number of carbonyl (C=O) groups excluding carboxylic acids is 1. The van der Waals surface area contributed by atoms with Crippen LogP contribution in [0.3, 0.4) is 0 Å². The molecule has 0 saturated heterocycles. The maximum absolute atomic E-state index is 12.1. The molecule has 0 fully saturated rings. The second-order valence-corrected chi connectivity index (χ2v) is 10.6. The molecular formula is C32H45IN2O6S2. The predicted octanol–water partition coefficient (Wildman–Crippen LogP) is 9.07. The minimum Gasteiger partial charge on any atom is -0.480 e. The Hall–Kier alpha value is -2.48. The van der Waals surface area contributed by atoms with Crippen molar-refractivity contribution in [2.24, 2.45) is 5.73 Å². The number of aryl methyl sites for hydroxylation is 3. The normalized spacial score (nSPS) is 10.4. The second kappa shape index (κ2) is 23.9. The minimum atomic E-state index is -1.03. The van der Waals surface area contributed by atoms with Gasteiger partial charge in [-0.3, -0.25) is 4.79 Å². The summed E-state index contributed by atoms with van der Waals surface area (Å²) in [5.41, 5.74) is 9.10. The second-order valence-electron chi connectivity index (χ2n) is 8.21. The van der Waals surface area contributed by atoms with E-state index < -0.39 is 18.2 Å². The SMILES string of the molecule is CC.CC.CCc1cc(CC(N)C(=O)O)cc(C)c1Oc1ccc(OC(=O)OCCSSc2ccccn2)c(C)c1.CI. The third kappa shape index (κ3) is 15.2. The molecule has 1 unspecified atom stereocenters. The van der Waals surface area contributed by atoms with Crippen molar-refractivity contribution >= 4 is 56.3 Å². The third-order valence-electron chi connectivity index (χ3n) is 5.29. The van der Waals surface area contributed by atoms with Crippen molar-refractivity contribution in [3.05, 3.63) is 77.0 Å². The van der Waals surface area contributed by atoms with E-state index in [1.165, 1.54) is 10.8 Å². The maximum atomic E-state index is 12.1. The number of halogens is 1. The van der Waals surface area contributed by atoms with Gasteiger partial charge in [0.25, 0.3) is 0 Å². The lowest BCUT2D eigenvalue weighted by atomic mass is 9.98. The van der Waals surface area contributed by atoms with E-state index in [2.05, 4.69) is 27.6 Å². The fraction of sp³-hybridized carbons (Fsp3) is 0.406. The highest BCUT2D eigenvalue weighted by Crippen LogP contribution is 2.33. The molecular weight excluding hydrogens is 699 g/mol. The summed E-state index contributed by atoms with van der Waals surface area (Å²) in [6.07, 6.45) is 1.92. The van der Waals surface area contributed by atoms with Crippen LogP contribution in [0, 0.1) is 13.8 Å². The summed E-state index contributed by atoms with van der Waals surface area (Å²) in [5.74, 6) is 1.26. The average molecular weight is 745 g/mol. The molecule has 0 amide bonds. The molecule has 0 bridgehead atoms. The van der Waals surface area contributed by atoms with Gasteiger partial charge in [-0.05, 0) is 95.0 Å². The monoisotopic (exact) mass is 744 g/mol. The quantitative estimate of drug-likeness (QED) is 0.0464. The van der Waals surface area contributed by atoms with E-state index in [4.69, 9.17) is 25.1 Å². The standard InChI is InChI=1S/C27H30N2O6S2.2C2H6.CH3I/c1-4-20-15-19(16-22(28)26(30)31)13-18(3)25(20)34-21-8-9-23(17(2)14-21)35-27(32)33-11-12-36-37-24-7-5-6-10-29-24;3*1-2/h5-10,13-15,22H,4,11-12,16,28H2,1-3H3,(H,30,31);2*1-2H3;1H3. The van der Waals surface area contributed by atoms with Crippen LogP contribution in [0.1, 0.15) is 56.9 Å². The van der Waals surface area contributed by atoms with Gasteiger partial charge in [0.15, 0.2) is 0 Å². The molecule has 3 N–H and O–H groups in total. The van der Waals surface area contributed by atoms with Crippen LogP contribution < -0.4 is 15.2 Å². The summed E-state index contributed by atoms with van der Waals surface area (Å²) in [6.45, 7) is 14.0. The summed E-state index contributed by atoms with van der Waals surface area (Å²) >= 11 is 2.15. The van der Waals surface area contributed by atoms with Gasteiger partial charge < -0.3 is 25.1 Å². The average Bonchev–Trinajstić information content (AvgIpc) is 3.03. The molecule has 2 aromatic carbocycles. The number of nitrogens with two attached hydrogens (primary N) is 1. The Bertz CT molecular complexity index is 1230. The van der Waals surface area contributed by atoms with Crippen molar-refractivity contribution < 1.29 is 28.9 Å². The molecule has 238 valence electrons. The molecule has 0 spiro atoms. The Balaban J connectivity index is 0.00000276. The molecule has 1 heterocycles. The van der Waals surface area contributed by atoms with Crippen molar-refractivity contribution in [1.29, 1.82) is 0 Å². The van der Waals surface area contributed by atoms with Gasteiger partial charge in [0.1, 0.15) is 34.9 Å². The number of nitrogens with zero attached hydrogens (tertiary/aromatic N) is 1. The molecule has 1 aromatic heterocycles. The number of carbonyl (C=O) groups is 2. The van der Waals surface area contributed by atoms with E-state index in [9.17, 15) is 9.59 Å². The highest BCUT2D eigenvalue weighted by atomic mass is 127. The van der Waals surface area contributed by atoms with Crippen LogP contribution in [-0.4, -0.2) is 45.5 Å². The van der Waals surface area contributed by atoms with Crippen molar-refractivity contribution in [1.82, 2.24) is 4.98 Å². The van der Waals surface area contributed by atoms with Crippen molar-refractivity contribution in [3.8, 4) is 17.2 Å². The fourth-order valence-electron chi connectivity index (χ4n) is 3.49. The van der Waals surface area contributed by atoms with E-state index in [0.717, 1.165) is 21.7 Å². The van der Waals surface area contributed by atoms with Crippen molar-refractivity contribution in [3.63, 3.8) is 0 Å². The molecule has 0 aliphatic rings. The van der Waals surface area contributed by atoms with Crippen molar-refractivity contribution in [2.45, 2.75) is 72.4 Å². The van der Waals surface area contributed by atoms with Crippen LogP contribution in [0.2, 0.25) is 0 Å². The number of benzene rings is 2. The number of ether oxygens (including phenoxy) is 3. The molecule has 0 aliphatic carbocycles. The van der Waals surface area contributed by atoms with Gasteiger partial charge in [0, 0.05) is 11.9 Å².